The van der Waals surface area contributed by atoms with Gasteiger partial charge in [0.1, 0.15) is 5.82 Å². The average Bonchev–Trinajstić information content (AvgIpc) is 2.80. The predicted molar refractivity (Wildman–Crippen MR) is 95.5 cm³/mol. The Bertz CT molecular complexity index is 827. The standard InChI is InChI=1S/C20H23FN2O/c1-14-15(2)23(20-9-8-17(21)10-19(14)20)13-18(24)12-22-11-16-6-4-3-5-7-16/h3-10,18,22,24H,11-13H2,1-2H3/t18-/m0/s1. The first-order chi connectivity index (χ1) is 11.6. The zero-order valence-electron chi connectivity index (χ0n) is 14.1. The van der Waals surface area contributed by atoms with E-state index in [2.05, 4.69) is 22.0 Å². The molecule has 0 aliphatic heterocycles. The van der Waals surface area contributed by atoms with Crippen LogP contribution < -0.4 is 5.32 Å². The van der Waals surface area contributed by atoms with Crippen LogP contribution in [0.15, 0.2) is 48.5 Å². The zero-order valence-corrected chi connectivity index (χ0v) is 14.1. The van der Waals surface area contributed by atoms with E-state index in [-0.39, 0.29) is 5.82 Å². The van der Waals surface area contributed by atoms with Crippen molar-refractivity contribution in [2.24, 2.45) is 0 Å². The Kier molecular flexibility index (Phi) is 4.97. The van der Waals surface area contributed by atoms with Gasteiger partial charge in [-0.25, -0.2) is 4.39 Å². The molecule has 0 spiro atoms. The molecule has 0 saturated heterocycles. The first kappa shape index (κ1) is 16.7. The van der Waals surface area contributed by atoms with Gasteiger partial charge in [-0.15, -0.1) is 0 Å². The predicted octanol–water partition coefficient (Wildman–Crippen LogP) is 3.55. The van der Waals surface area contributed by atoms with Crippen LogP contribution in [0.1, 0.15) is 16.8 Å². The molecule has 2 aromatic carbocycles. The lowest BCUT2D eigenvalue weighted by Crippen LogP contribution is -2.30. The first-order valence-corrected chi connectivity index (χ1v) is 8.24. The Morgan fingerprint density at radius 2 is 1.88 bits per heavy atom. The van der Waals surface area contributed by atoms with E-state index in [1.807, 2.05) is 32.0 Å². The minimum atomic E-state index is -0.507. The molecule has 3 nitrogen and oxygen atoms in total. The summed E-state index contributed by atoms with van der Waals surface area (Å²) in [6.45, 7) is 5.73. The maximum Gasteiger partial charge on any atom is 0.123 e. The third-order valence-corrected chi connectivity index (χ3v) is 4.55. The summed E-state index contributed by atoms with van der Waals surface area (Å²) in [5.41, 5.74) is 4.29. The summed E-state index contributed by atoms with van der Waals surface area (Å²) in [6, 6.07) is 14.9. The minimum Gasteiger partial charge on any atom is -0.390 e. The molecule has 3 rings (SSSR count). The van der Waals surface area contributed by atoms with Gasteiger partial charge in [-0.2, -0.15) is 0 Å². The highest BCUT2D eigenvalue weighted by Gasteiger charge is 2.14. The van der Waals surface area contributed by atoms with Crippen LogP contribution >= 0.6 is 0 Å². The molecule has 0 amide bonds. The molecule has 1 heterocycles. The summed E-state index contributed by atoms with van der Waals surface area (Å²) in [4.78, 5) is 0. The first-order valence-electron chi connectivity index (χ1n) is 8.24. The molecular weight excluding hydrogens is 303 g/mol. The zero-order chi connectivity index (χ0) is 17.1. The Labute approximate surface area is 141 Å². The summed E-state index contributed by atoms with van der Waals surface area (Å²) >= 11 is 0. The molecule has 4 heteroatoms. The molecule has 0 radical (unpaired) electrons. The number of nitrogens with one attached hydrogen (secondary N) is 1. The number of aliphatic hydroxyl groups is 1. The molecule has 0 bridgehead atoms. The van der Waals surface area contributed by atoms with Crippen LogP contribution in [-0.4, -0.2) is 22.3 Å². The molecule has 126 valence electrons. The van der Waals surface area contributed by atoms with Crippen molar-refractivity contribution in [2.75, 3.05) is 6.54 Å². The van der Waals surface area contributed by atoms with Gasteiger partial charge in [-0.3, -0.25) is 0 Å². The highest BCUT2D eigenvalue weighted by Crippen LogP contribution is 2.26. The van der Waals surface area contributed by atoms with Crippen molar-refractivity contribution < 1.29 is 9.50 Å². The fraction of sp³-hybridized carbons (Fsp3) is 0.300. The number of aromatic nitrogens is 1. The maximum absolute atomic E-state index is 13.5. The van der Waals surface area contributed by atoms with Crippen LogP contribution in [-0.2, 0) is 13.1 Å². The number of halogens is 1. The van der Waals surface area contributed by atoms with Crippen LogP contribution in [0, 0.1) is 19.7 Å². The summed E-state index contributed by atoms with van der Waals surface area (Å²) in [5, 5.41) is 14.6. The fourth-order valence-corrected chi connectivity index (χ4v) is 3.11. The van der Waals surface area contributed by atoms with Crippen molar-refractivity contribution in [1.29, 1.82) is 0 Å². The minimum absolute atomic E-state index is 0.229. The van der Waals surface area contributed by atoms with Gasteiger partial charge in [0.25, 0.3) is 0 Å². The number of aliphatic hydroxyl groups excluding tert-OH is 1. The molecule has 0 aliphatic carbocycles. The van der Waals surface area contributed by atoms with Crippen molar-refractivity contribution in [3.05, 3.63) is 71.2 Å². The Morgan fingerprint density at radius 3 is 2.62 bits per heavy atom. The molecule has 1 atom stereocenters. The maximum atomic E-state index is 13.5. The number of nitrogens with zero attached hydrogens (tertiary/aromatic N) is 1. The second kappa shape index (κ2) is 7.16. The molecular formula is C20H23FN2O. The van der Waals surface area contributed by atoms with Gasteiger partial charge in [-0.05, 0) is 43.2 Å². The van der Waals surface area contributed by atoms with Gasteiger partial charge in [0.2, 0.25) is 0 Å². The second-order valence-electron chi connectivity index (χ2n) is 6.25. The quantitative estimate of drug-likeness (QED) is 0.727. The molecule has 0 unspecified atom stereocenters. The van der Waals surface area contributed by atoms with Gasteiger partial charge in [0, 0.05) is 29.7 Å². The van der Waals surface area contributed by atoms with Gasteiger partial charge in [0.05, 0.1) is 12.6 Å². The van der Waals surface area contributed by atoms with E-state index >= 15 is 0 Å². The summed E-state index contributed by atoms with van der Waals surface area (Å²) in [5.74, 6) is -0.229. The van der Waals surface area contributed by atoms with E-state index in [0.29, 0.717) is 13.1 Å². The van der Waals surface area contributed by atoms with Crippen LogP contribution in [0.25, 0.3) is 10.9 Å². The molecule has 1 aromatic heterocycles. The van der Waals surface area contributed by atoms with Gasteiger partial charge >= 0.3 is 0 Å². The number of fused-ring (bicyclic) bond motifs is 1. The third kappa shape index (κ3) is 3.50. The smallest absolute Gasteiger partial charge is 0.123 e. The summed E-state index contributed by atoms with van der Waals surface area (Å²) in [7, 11) is 0. The largest absolute Gasteiger partial charge is 0.390 e. The SMILES string of the molecule is Cc1c(C)n(C[C@@H](O)CNCc2ccccc2)c2ccc(F)cc12. The van der Waals surface area contributed by atoms with Gasteiger partial charge < -0.3 is 15.0 Å². The van der Waals surface area contributed by atoms with E-state index in [1.54, 1.807) is 12.1 Å². The number of aryl methyl sites for hydroxylation is 1. The Balaban J connectivity index is 1.67. The fourth-order valence-electron chi connectivity index (χ4n) is 3.11. The number of hydrogen-bond acceptors (Lipinski definition) is 2. The van der Waals surface area contributed by atoms with E-state index in [0.717, 1.165) is 28.7 Å². The lowest BCUT2D eigenvalue weighted by molar-refractivity contribution is 0.152. The lowest BCUT2D eigenvalue weighted by Gasteiger charge is -2.15. The summed E-state index contributed by atoms with van der Waals surface area (Å²) in [6.07, 6.45) is -0.507. The van der Waals surface area contributed by atoms with E-state index < -0.39 is 6.10 Å². The van der Waals surface area contributed by atoms with Crippen molar-refractivity contribution in [3.63, 3.8) is 0 Å². The molecule has 3 aromatic rings. The van der Waals surface area contributed by atoms with Gasteiger partial charge in [0.15, 0.2) is 0 Å². The van der Waals surface area contributed by atoms with Crippen molar-refractivity contribution >= 4 is 10.9 Å². The van der Waals surface area contributed by atoms with Crippen molar-refractivity contribution in [1.82, 2.24) is 9.88 Å². The van der Waals surface area contributed by atoms with Crippen molar-refractivity contribution in [2.45, 2.75) is 33.0 Å². The molecule has 2 N–H and O–H groups in total. The van der Waals surface area contributed by atoms with E-state index in [4.69, 9.17) is 0 Å². The highest BCUT2D eigenvalue weighted by atomic mass is 19.1. The number of benzene rings is 2. The van der Waals surface area contributed by atoms with Crippen LogP contribution in [0.3, 0.4) is 0 Å². The normalized spacial score (nSPS) is 12.7. The third-order valence-electron chi connectivity index (χ3n) is 4.55. The highest BCUT2D eigenvalue weighted by molar-refractivity contribution is 5.85. The van der Waals surface area contributed by atoms with E-state index in [1.165, 1.54) is 11.6 Å². The van der Waals surface area contributed by atoms with Crippen LogP contribution in [0.2, 0.25) is 0 Å². The molecule has 24 heavy (non-hydrogen) atoms. The van der Waals surface area contributed by atoms with Crippen molar-refractivity contribution in [3.8, 4) is 0 Å². The average molecular weight is 326 g/mol. The second-order valence-corrected chi connectivity index (χ2v) is 6.25. The lowest BCUT2D eigenvalue weighted by atomic mass is 10.1. The summed E-state index contributed by atoms with van der Waals surface area (Å²) < 4.78 is 15.5. The monoisotopic (exact) mass is 326 g/mol. The number of hydrogen-bond donors (Lipinski definition) is 2. The Morgan fingerprint density at radius 1 is 1.12 bits per heavy atom. The molecule has 0 aliphatic rings. The molecule has 0 fully saturated rings. The number of rotatable bonds is 6. The van der Waals surface area contributed by atoms with Crippen LogP contribution in [0.4, 0.5) is 4.39 Å². The Hall–Kier alpha value is -2.17. The molecule has 0 saturated carbocycles. The van der Waals surface area contributed by atoms with Crippen LogP contribution in [0.5, 0.6) is 0 Å². The topological polar surface area (TPSA) is 37.2 Å². The van der Waals surface area contributed by atoms with Gasteiger partial charge in [-0.1, -0.05) is 30.3 Å². The van der Waals surface area contributed by atoms with E-state index in [9.17, 15) is 9.50 Å².